The lowest BCUT2D eigenvalue weighted by molar-refractivity contribution is 0.262. The number of aromatic nitrogens is 3. The largest absolute Gasteiger partial charge is 0.313 e. The van der Waals surface area contributed by atoms with E-state index in [0.29, 0.717) is 6.04 Å². The van der Waals surface area contributed by atoms with Crippen LogP contribution < -0.4 is 5.32 Å². The van der Waals surface area contributed by atoms with Crippen molar-refractivity contribution in [3.05, 3.63) is 12.2 Å². The molecule has 1 saturated carbocycles. The Bertz CT molecular complexity index is 395. The molecule has 0 aliphatic heterocycles. The van der Waals surface area contributed by atoms with E-state index in [1.54, 1.807) is 6.33 Å². The van der Waals surface area contributed by atoms with E-state index in [1.165, 1.54) is 25.7 Å². The average Bonchev–Trinajstić information content (AvgIpc) is 3.06. The van der Waals surface area contributed by atoms with Gasteiger partial charge in [0.2, 0.25) is 0 Å². The molecule has 1 aromatic rings. The third-order valence-electron chi connectivity index (χ3n) is 3.97. The minimum Gasteiger partial charge on any atom is -0.313 e. The van der Waals surface area contributed by atoms with Gasteiger partial charge in [0.15, 0.2) is 0 Å². The zero-order valence-corrected chi connectivity index (χ0v) is 12.8. The summed E-state index contributed by atoms with van der Waals surface area (Å²) in [6.45, 7) is 10.1. The van der Waals surface area contributed by atoms with Gasteiger partial charge in [0, 0.05) is 25.0 Å². The Kier molecular flexibility index (Phi) is 4.61. The van der Waals surface area contributed by atoms with Crippen LogP contribution in [0.2, 0.25) is 0 Å². The number of hydrogen-bond donors (Lipinski definition) is 1. The van der Waals surface area contributed by atoms with E-state index in [0.717, 1.165) is 24.8 Å². The fraction of sp³-hybridized carbons (Fsp3) is 0.867. The molecule has 19 heavy (non-hydrogen) atoms. The summed E-state index contributed by atoms with van der Waals surface area (Å²) in [4.78, 5) is 4.47. The Morgan fingerprint density at radius 2 is 2.21 bits per heavy atom. The lowest BCUT2D eigenvalue weighted by Crippen LogP contribution is -2.35. The van der Waals surface area contributed by atoms with Crippen molar-refractivity contribution in [3.8, 4) is 0 Å². The summed E-state index contributed by atoms with van der Waals surface area (Å²) in [5, 5.41) is 8.04. The van der Waals surface area contributed by atoms with E-state index in [-0.39, 0.29) is 5.41 Å². The van der Waals surface area contributed by atoms with Gasteiger partial charge in [-0.15, -0.1) is 0 Å². The highest BCUT2D eigenvalue weighted by Gasteiger charge is 2.30. The molecule has 1 heterocycles. The molecule has 0 spiro atoms. The van der Waals surface area contributed by atoms with Gasteiger partial charge in [0.05, 0.1) is 0 Å². The monoisotopic (exact) mass is 264 g/mol. The van der Waals surface area contributed by atoms with Crippen LogP contribution >= 0.6 is 0 Å². The van der Waals surface area contributed by atoms with Crippen molar-refractivity contribution < 1.29 is 0 Å². The Labute approximate surface area is 117 Å². The van der Waals surface area contributed by atoms with Gasteiger partial charge in [0.1, 0.15) is 12.2 Å². The SMILES string of the molecule is CCCC(C)(CNC1CC1)Cc1ncnn1C(C)C. The molecule has 1 fully saturated rings. The van der Waals surface area contributed by atoms with E-state index < -0.39 is 0 Å². The Balaban J connectivity index is 2.02. The molecular weight excluding hydrogens is 236 g/mol. The fourth-order valence-electron chi connectivity index (χ4n) is 2.73. The highest BCUT2D eigenvalue weighted by molar-refractivity contribution is 4.95. The summed E-state index contributed by atoms with van der Waals surface area (Å²) in [6, 6.07) is 1.17. The summed E-state index contributed by atoms with van der Waals surface area (Å²) in [5.41, 5.74) is 0.289. The van der Waals surface area contributed by atoms with Crippen LogP contribution in [0.4, 0.5) is 0 Å². The second kappa shape index (κ2) is 6.04. The van der Waals surface area contributed by atoms with Gasteiger partial charge in [-0.3, -0.25) is 0 Å². The summed E-state index contributed by atoms with van der Waals surface area (Å²) in [5.74, 6) is 1.13. The van der Waals surface area contributed by atoms with E-state index in [2.05, 4.69) is 47.8 Å². The molecule has 0 aromatic carbocycles. The van der Waals surface area contributed by atoms with Crippen molar-refractivity contribution in [3.63, 3.8) is 0 Å². The van der Waals surface area contributed by atoms with Crippen LogP contribution in [0.1, 0.15) is 65.2 Å². The minimum atomic E-state index is 0.289. The second-order valence-electron chi connectivity index (χ2n) is 6.61. The molecule has 2 rings (SSSR count). The van der Waals surface area contributed by atoms with E-state index >= 15 is 0 Å². The molecule has 0 amide bonds. The zero-order valence-electron chi connectivity index (χ0n) is 12.8. The lowest BCUT2D eigenvalue weighted by atomic mass is 9.81. The van der Waals surface area contributed by atoms with Gasteiger partial charge in [-0.1, -0.05) is 20.3 Å². The van der Waals surface area contributed by atoms with Crippen LogP contribution in [0.3, 0.4) is 0 Å². The molecule has 0 saturated heterocycles. The van der Waals surface area contributed by atoms with Crippen molar-refractivity contribution >= 4 is 0 Å². The highest BCUT2D eigenvalue weighted by Crippen LogP contribution is 2.29. The topological polar surface area (TPSA) is 42.7 Å². The summed E-state index contributed by atoms with van der Waals surface area (Å²) >= 11 is 0. The van der Waals surface area contributed by atoms with Crippen molar-refractivity contribution in [1.29, 1.82) is 0 Å². The molecule has 4 heteroatoms. The summed E-state index contributed by atoms with van der Waals surface area (Å²) < 4.78 is 2.06. The predicted molar refractivity (Wildman–Crippen MR) is 78.2 cm³/mol. The minimum absolute atomic E-state index is 0.289. The van der Waals surface area contributed by atoms with Crippen LogP contribution in [0.5, 0.6) is 0 Å². The molecule has 0 radical (unpaired) electrons. The van der Waals surface area contributed by atoms with Crippen LogP contribution in [0.15, 0.2) is 6.33 Å². The molecule has 108 valence electrons. The van der Waals surface area contributed by atoms with Gasteiger partial charge in [-0.25, -0.2) is 9.67 Å². The fourth-order valence-corrected chi connectivity index (χ4v) is 2.73. The summed E-state index contributed by atoms with van der Waals surface area (Å²) in [6.07, 6.45) is 7.86. The van der Waals surface area contributed by atoms with Crippen LogP contribution in [-0.2, 0) is 6.42 Å². The Morgan fingerprint density at radius 3 is 2.79 bits per heavy atom. The second-order valence-corrected chi connectivity index (χ2v) is 6.61. The molecule has 1 aliphatic carbocycles. The summed E-state index contributed by atoms with van der Waals surface area (Å²) in [7, 11) is 0. The van der Waals surface area contributed by atoms with E-state index in [1.807, 2.05) is 0 Å². The Hall–Kier alpha value is -0.900. The molecule has 1 aromatic heterocycles. The van der Waals surface area contributed by atoms with Gasteiger partial charge < -0.3 is 5.32 Å². The molecule has 1 atom stereocenters. The first-order valence-corrected chi connectivity index (χ1v) is 7.66. The third-order valence-corrected chi connectivity index (χ3v) is 3.97. The van der Waals surface area contributed by atoms with Crippen molar-refractivity contribution in [1.82, 2.24) is 20.1 Å². The predicted octanol–water partition coefficient (Wildman–Crippen LogP) is 2.96. The number of hydrogen-bond acceptors (Lipinski definition) is 3. The first-order chi connectivity index (χ1) is 9.04. The average molecular weight is 264 g/mol. The van der Waals surface area contributed by atoms with Crippen molar-refractivity contribution in [2.45, 2.75) is 71.9 Å². The lowest BCUT2D eigenvalue weighted by Gasteiger charge is -2.30. The normalized spacial score (nSPS) is 18.8. The first kappa shape index (κ1) is 14.5. The number of nitrogens with one attached hydrogen (secondary N) is 1. The zero-order chi connectivity index (χ0) is 13.9. The van der Waals surface area contributed by atoms with Gasteiger partial charge >= 0.3 is 0 Å². The molecule has 1 aliphatic rings. The van der Waals surface area contributed by atoms with Crippen LogP contribution in [0.25, 0.3) is 0 Å². The number of rotatable bonds is 8. The highest BCUT2D eigenvalue weighted by atomic mass is 15.3. The van der Waals surface area contributed by atoms with E-state index in [4.69, 9.17) is 0 Å². The van der Waals surface area contributed by atoms with Crippen molar-refractivity contribution in [2.75, 3.05) is 6.54 Å². The molecular formula is C15H28N4. The number of nitrogens with zero attached hydrogens (tertiary/aromatic N) is 3. The molecule has 0 bridgehead atoms. The maximum atomic E-state index is 4.47. The van der Waals surface area contributed by atoms with Crippen molar-refractivity contribution in [2.24, 2.45) is 5.41 Å². The molecule has 4 nitrogen and oxygen atoms in total. The standard InChI is InChI=1S/C15H28N4/c1-5-8-15(4,10-16-13-6-7-13)9-14-17-11-18-19(14)12(2)3/h11-13,16H,5-10H2,1-4H3. The van der Waals surface area contributed by atoms with Crippen LogP contribution in [-0.4, -0.2) is 27.4 Å². The maximum absolute atomic E-state index is 4.47. The quantitative estimate of drug-likeness (QED) is 0.785. The van der Waals surface area contributed by atoms with Gasteiger partial charge in [-0.2, -0.15) is 5.10 Å². The maximum Gasteiger partial charge on any atom is 0.138 e. The van der Waals surface area contributed by atoms with E-state index in [9.17, 15) is 0 Å². The third kappa shape index (κ3) is 4.03. The van der Waals surface area contributed by atoms with Gasteiger partial charge in [0.25, 0.3) is 0 Å². The Morgan fingerprint density at radius 1 is 1.47 bits per heavy atom. The molecule has 1 N–H and O–H groups in total. The first-order valence-electron chi connectivity index (χ1n) is 7.66. The smallest absolute Gasteiger partial charge is 0.138 e. The van der Waals surface area contributed by atoms with Gasteiger partial charge in [-0.05, 0) is 38.5 Å². The molecule has 1 unspecified atom stereocenters. The van der Waals surface area contributed by atoms with Crippen LogP contribution in [0, 0.1) is 5.41 Å².